The standard InChI is InChI=1S/C14H20N4O3.ClH/c1-10(14(20)18-4-6-21-7-5-18)17-13(19)11-2-3-16-12(8-11)9-15;/h2-3,8,10H,4-7,9,15H2,1H3,(H,17,19);1H. The van der Waals surface area contributed by atoms with Crippen molar-refractivity contribution in [1.29, 1.82) is 0 Å². The SMILES string of the molecule is CC(NC(=O)c1ccnc(CN)c1)C(=O)N1CCOCC1.Cl. The lowest BCUT2D eigenvalue weighted by atomic mass is 10.2. The van der Waals surface area contributed by atoms with Gasteiger partial charge in [-0.2, -0.15) is 0 Å². The van der Waals surface area contributed by atoms with Crippen molar-refractivity contribution in [2.45, 2.75) is 19.5 Å². The molecule has 122 valence electrons. The maximum atomic E-state index is 12.2. The summed E-state index contributed by atoms with van der Waals surface area (Å²) in [6.45, 7) is 4.15. The molecule has 1 aromatic rings. The van der Waals surface area contributed by atoms with E-state index in [0.717, 1.165) is 0 Å². The Kier molecular flexibility index (Phi) is 7.23. The fourth-order valence-electron chi connectivity index (χ4n) is 2.13. The molecule has 1 fully saturated rings. The number of aromatic nitrogens is 1. The molecule has 0 bridgehead atoms. The Bertz CT molecular complexity index is 521. The highest BCUT2D eigenvalue weighted by Crippen LogP contribution is 2.04. The number of pyridine rings is 1. The molecule has 0 saturated carbocycles. The van der Waals surface area contributed by atoms with Gasteiger partial charge in [-0.25, -0.2) is 0 Å². The van der Waals surface area contributed by atoms with E-state index >= 15 is 0 Å². The van der Waals surface area contributed by atoms with Gasteiger partial charge in [0.2, 0.25) is 5.91 Å². The summed E-state index contributed by atoms with van der Waals surface area (Å²) >= 11 is 0. The second kappa shape index (κ2) is 8.67. The van der Waals surface area contributed by atoms with Crippen LogP contribution in [0.3, 0.4) is 0 Å². The zero-order valence-corrected chi connectivity index (χ0v) is 13.3. The van der Waals surface area contributed by atoms with Crippen molar-refractivity contribution in [2.24, 2.45) is 5.73 Å². The van der Waals surface area contributed by atoms with Crippen molar-refractivity contribution in [1.82, 2.24) is 15.2 Å². The van der Waals surface area contributed by atoms with Gasteiger partial charge in [0.05, 0.1) is 18.9 Å². The van der Waals surface area contributed by atoms with Gasteiger partial charge in [-0.1, -0.05) is 0 Å². The monoisotopic (exact) mass is 328 g/mol. The number of morpholine rings is 1. The lowest BCUT2D eigenvalue weighted by molar-refractivity contribution is -0.136. The van der Waals surface area contributed by atoms with E-state index in [0.29, 0.717) is 37.6 Å². The van der Waals surface area contributed by atoms with E-state index in [1.165, 1.54) is 6.20 Å². The average Bonchev–Trinajstić information content (AvgIpc) is 2.54. The van der Waals surface area contributed by atoms with Crippen LogP contribution in [-0.4, -0.2) is 54.0 Å². The first kappa shape index (κ1) is 18.3. The number of amides is 2. The Morgan fingerprint density at radius 1 is 1.45 bits per heavy atom. The molecule has 7 nitrogen and oxygen atoms in total. The fraction of sp³-hybridized carbons (Fsp3) is 0.500. The van der Waals surface area contributed by atoms with E-state index in [4.69, 9.17) is 10.5 Å². The molecule has 0 aliphatic carbocycles. The van der Waals surface area contributed by atoms with Crippen LogP contribution in [0.1, 0.15) is 23.0 Å². The van der Waals surface area contributed by atoms with E-state index in [-0.39, 0.29) is 30.8 Å². The quantitative estimate of drug-likeness (QED) is 0.807. The Balaban J connectivity index is 0.00000242. The van der Waals surface area contributed by atoms with Crippen LogP contribution >= 0.6 is 12.4 Å². The van der Waals surface area contributed by atoms with Crippen molar-refractivity contribution in [3.05, 3.63) is 29.6 Å². The lowest BCUT2D eigenvalue weighted by Crippen LogP contribution is -2.50. The second-order valence-corrected chi connectivity index (χ2v) is 4.87. The first-order chi connectivity index (χ1) is 10.1. The summed E-state index contributed by atoms with van der Waals surface area (Å²) in [4.78, 5) is 30.1. The number of halogens is 1. The number of hydrogen-bond acceptors (Lipinski definition) is 5. The number of nitrogens with one attached hydrogen (secondary N) is 1. The van der Waals surface area contributed by atoms with Gasteiger partial charge in [-0.15, -0.1) is 12.4 Å². The summed E-state index contributed by atoms with van der Waals surface area (Å²) in [5.74, 6) is -0.402. The summed E-state index contributed by atoms with van der Waals surface area (Å²) in [6, 6.07) is 2.65. The molecule has 8 heteroatoms. The zero-order chi connectivity index (χ0) is 15.2. The molecule has 2 rings (SSSR count). The second-order valence-electron chi connectivity index (χ2n) is 4.87. The van der Waals surface area contributed by atoms with Gasteiger partial charge in [-0.05, 0) is 19.1 Å². The highest BCUT2D eigenvalue weighted by Gasteiger charge is 2.24. The molecule has 0 radical (unpaired) electrons. The molecule has 1 saturated heterocycles. The first-order valence-corrected chi connectivity index (χ1v) is 6.94. The minimum Gasteiger partial charge on any atom is -0.378 e. The van der Waals surface area contributed by atoms with Crippen LogP contribution in [-0.2, 0) is 16.1 Å². The third-order valence-electron chi connectivity index (χ3n) is 3.33. The van der Waals surface area contributed by atoms with E-state index in [9.17, 15) is 9.59 Å². The predicted molar refractivity (Wildman–Crippen MR) is 83.7 cm³/mol. The van der Waals surface area contributed by atoms with Crippen molar-refractivity contribution in [3.8, 4) is 0 Å². The average molecular weight is 329 g/mol. The zero-order valence-electron chi connectivity index (χ0n) is 12.4. The normalized spacial score (nSPS) is 15.6. The Labute approximate surface area is 135 Å². The van der Waals surface area contributed by atoms with Crippen molar-refractivity contribution >= 4 is 24.2 Å². The largest absolute Gasteiger partial charge is 0.378 e. The van der Waals surface area contributed by atoms with Crippen molar-refractivity contribution in [2.75, 3.05) is 26.3 Å². The molecule has 0 spiro atoms. The van der Waals surface area contributed by atoms with Gasteiger partial charge in [0.15, 0.2) is 0 Å². The maximum Gasteiger partial charge on any atom is 0.252 e. The van der Waals surface area contributed by atoms with Gasteiger partial charge in [0.25, 0.3) is 5.91 Å². The van der Waals surface area contributed by atoms with Crippen LogP contribution < -0.4 is 11.1 Å². The topological polar surface area (TPSA) is 97.6 Å². The predicted octanol–water partition coefficient (Wildman–Crippen LogP) is -0.0608. The third kappa shape index (κ3) is 4.66. The number of nitrogens with zero attached hydrogens (tertiary/aromatic N) is 2. The molecule has 2 amide bonds. The smallest absolute Gasteiger partial charge is 0.252 e. The van der Waals surface area contributed by atoms with Crippen LogP contribution in [0.25, 0.3) is 0 Å². The van der Waals surface area contributed by atoms with Gasteiger partial charge >= 0.3 is 0 Å². The van der Waals surface area contributed by atoms with Crippen LogP contribution in [0.15, 0.2) is 18.3 Å². The van der Waals surface area contributed by atoms with Crippen LogP contribution in [0.5, 0.6) is 0 Å². The Morgan fingerprint density at radius 2 is 2.14 bits per heavy atom. The minimum absolute atomic E-state index is 0. The summed E-state index contributed by atoms with van der Waals surface area (Å²) in [5.41, 5.74) is 6.58. The fourth-order valence-corrected chi connectivity index (χ4v) is 2.13. The highest BCUT2D eigenvalue weighted by atomic mass is 35.5. The van der Waals surface area contributed by atoms with E-state index in [1.807, 2.05) is 0 Å². The Morgan fingerprint density at radius 3 is 2.77 bits per heavy atom. The van der Waals surface area contributed by atoms with Crippen molar-refractivity contribution < 1.29 is 14.3 Å². The Hall–Kier alpha value is -1.70. The van der Waals surface area contributed by atoms with Crippen molar-refractivity contribution in [3.63, 3.8) is 0 Å². The van der Waals surface area contributed by atoms with Gasteiger partial charge in [-0.3, -0.25) is 14.6 Å². The number of hydrogen-bond donors (Lipinski definition) is 2. The van der Waals surface area contributed by atoms with E-state index < -0.39 is 6.04 Å². The van der Waals surface area contributed by atoms with Gasteiger partial charge in [0.1, 0.15) is 6.04 Å². The molecule has 0 aromatic carbocycles. The summed E-state index contributed by atoms with van der Waals surface area (Å²) in [7, 11) is 0. The first-order valence-electron chi connectivity index (χ1n) is 6.94. The van der Waals surface area contributed by atoms with E-state index in [1.54, 1.807) is 24.0 Å². The molecular weight excluding hydrogens is 308 g/mol. The molecule has 1 atom stereocenters. The molecule has 1 unspecified atom stereocenters. The molecule has 22 heavy (non-hydrogen) atoms. The number of nitrogens with two attached hydrogens (primary N) is 1. The maximum absolute atomic E-state index is 12.2. The van der Waals surface area contributed by atoms with Gasteiger partial charge in [0, 0.05) is 31.4 Å². The summed E-state index contributed by atoms with van der Waals surface area (Å²) in [6.07, 6.45) is 1.53. The molecule has 1 aliphatic rings. The van der Waals surface area contributed by atoms with Crippen LogP contribution in [0, 0.1) is 0 Å². The molecular formula is C14H21ClN4O3. The summed E-state index contributed by atoms with van der Waals surface area (Å²) < 4.78 is 5.21. The molecule has 1 aromatic heterocycles. The molecule has 1 aliphatic heterocycles. The number of ether oxygens (including phenoxy) is 1. The highest BCUT2D eigenvalue weighted by molar-refractivity contribution is 5.97. The molecule has 3 N–H and O–H groups in total. The van der Waals surface area contributed by atoms with Crippen LogP contribution in [0.2, 0.25) is 0 Å². The van der Waals surface area contributed by atoms with Crippen LogP contribution in [0.4, 0.5) is 0 Å². The number of carbonyl (C=O) groups excluding carboxylic acids is 2. The molecule has 2 heterocycles. The summed E-state index contributed by atoms with van der Waals surface area (Å²) in [5, 5.41) is 2.70. The number of rotatable bonds is 4. The van der Waals surface area contributed by atoms with Gasteiger partial charge < -0.3 is 20.7 Å². The third-order valence-corrected chi connectivity index (χ3v) is 3.33. The minimum atomic E-state index is -0.579. The lowest BCUT2D eigenvalue weighted by Gasteiger charge is -2.29. The van der Waals surface area contributed by atoms with E-state index in [2.05, 4.69) is 10.3 Å². The number of carbonyl (C=O) groups is 2.